The smallest absolute Gasteiger partial charge is 0.0395 e. The van der Waals surface area contributed by atoms with Gasteiger partial charge in [-0.15, -0.1) is 0 Å². The molecule has 0 amide bonds. The third kappa shape index (κ3) is 1.47. The Bertz CT molecular complexity index is 188. The lowest BCUT2D eigenvalue weighted by Gasteiger charge is -2.23. The summed E-state index contributed by atoms with van der Waals surface area (Å²) in [6.45, 7) is 0. The van der Waals surface area contributed by atoms with Gasteiger partial charge in [-0.2, -0.15) is 11.8 Å². The number of thioether (sulfide) groups is 1. The first-order valence-corrected chi connectivity index (χ1v) is 5.02. The van der Waals surface area contributed by atoms with Crippen molar-refractivity contribution in [2.45, 2.75) is 42.2 Å². The second kappa shape index (κ2) is 2.95. The number of hydrogen-bond acceptors (Lipinski definition) is 2. The summed E-state index contributed by atoms with van der Waals surface area (Å²) in [5.74, 6) is 0. The second-order valence-electron chi connectivity index (χ2n) is 3.29. The number of azide groups is 1. The number of hydrogen-bond donors (Lipinski definition) is 0. The quantitative estimate of drug-likeness (QED) is 0.338. The lowest BCUT2D eigenvalue weighted by Crippen LogP contribution is -2.19. The van der Waals surface area contributed by atoms with Crippen molar-refractivity contribution in [2.75, 3.05) is 0 Å². The molecule has 2 saturated heterocycles. The third-order valence-corrected chi connectivity index (χ3v) is 4.11. The molecule has 11 heavy (non-hydrogen) atoms. The molecule has 3 nitrogen and oxygen atoms in total. The highest BCUT2D eigenvalue weighted by molar-refractivity contribution is 8.00. The van der Waals surface area contributed by atoms with E-state index in [4.69, 9.17) is 5.53 Å². The largest absolute Gasteiger partial charge is 0.155 e. The maximum atomic E-state index is 8.26. The van der Waals surface area contributed by atoms with Gasteiger partial charge in [0.05, 0.1) is 0 Å². The summed E-state index contributed by atoms with van der Waals surface area (Å²) in [6.07, 6.45) is 4.91. The number of rotatable bonds is 1. The van der Waals surface area contributed by atoms with E-state index in [9.17, 15) is 0 Å². The average Bonchev–Trinajstić information content (AvgIpc) is 2.32. The van der Waals surface area contributed by atoms with Crippen LogP contribution in [0.4, 0.5) is 0 Å². The predicted molar refractivity (Wildman–Crippen MR) is 46.6 cm³/mol. The van der Waals surface area contributed by atoms with Crippen molar-refractivity contribution < 1.29 is 0 Å². The van der Waals surface area contributed by atoms with Gasteiger partial charge in [-0.05, 0) is 31.2 Å². The Morgan fingerprint density at radius 3 is 2.45 bits per heavy atom. The van der Waals surface area contributed by atoms with Gasteiger partial charge in [-0.3, -0.25) is 0 Å². The van der Waals surface area contributed by atoms with Gasteiger partial charge in [0.1, 0.15) is 0 Å². The molecule has 2 heterocycles. The van der Waals surface area contributed by atoms with E-state index >= 15 is 0 Å². The van der Waals surface area contributed by atoms with Crippen molar-refractivity contribution in [3.8, 4) is 0 Å². The van der Waals surface area contributed by atoms with Crippen LogP contribution in [0.15, 0.2) is 5.11 Å². The van der Waals surface area contributed by atoms with Gasteiger partial charge in [0.15, 0.2) is 0 Å². The molecule has 2 unspecified atom stereocenters. The minimum atomic E-state index is 0.304. The molecule has 0 aromatic rings. The summed E-state index contributed by atoms with van der Waals surface area (Å²) in [5.41, 5.74) is 8.26. The molecule has 0 saturated carbocycles. The van der Waals surface area contributed by atoms with Crippen molar-refractivity contribution in [3.63, 3.8) is 0 Å². The lowest BCUT2D eigenvalue weighted by atomic mass is 10.1. The van der Waals surface area contributed by atoms with E-state index in [1.165, 1.54) is 12.8 Å². The van der Waals surface area contributed by atoms with Gasteiger partial charge in [0.2, 0.25) is 0 Å². The fraction of sp³-hybridized carbons (Fsp3) is 1.00. The molecule has 0 N–H and O–H groups in total. The molecule has 0 aliphatic carbocycles. The zero-order valence-corrected chi connectivity index (χ0v) is 7.13. The summed E-state index contributed by atoms with van der Waals surface area (Å²) >= 11 is 2.10. The Labute approximate surface area is 70.2 Å². The highest BCUT2D eigenvalue weighted by atomic mass is 32.2. The van der Waals surface area contributed by atoms with Crippen molar-refractivity contribution in [1.29, 1.82) is 0 Å². The van der Waals surface area contributed by atoms with Gasteiger partial charge >= 0.3 is 0 Å². The second-order valence-corrected chi connectivity index (χ2v) is 4.89. The van der Waals surface area contributed by atoms with Gasteiger partial charge in [-0.25, -0.2) is 0 Å². The summed E-state index contributed by atoms with van der Waals surface area (Å²) in [6, 6.07) is 0.304. The Morgan fingerprint density at radius 1 is 1.27 bits per heavy atom. The number of nitrogens with zero attached hydrogens (tertiary/aromatic N) is 3. The van der Waals surface area contributed by atoms with Gasteiger partial charge in [-0.1, -0.05) is 5.11 Å². The van der Waals surface area contributed by atoms with E-state index in [1.807, 2.05) is 0 Å². The van der Waals surface area contributed by atoms with Crippen LogP contribution in [0.5, 0.6) is 0 Å². The van der Waals surface area contributed by atoms with Crippen molar-refractivity contribution in [2.24, 2.45) is 5.11 Å². The first kappa shape index (κ1) is 7.32. The molecule has 0 aromatic carbocycles. The van der Waals surface area contributed by atoms with Crippen LogP contribution in [0.3, 0.4) is 0 Å². The van der Waals surface area contributed by atoms with Crippen molar-refractivity contribution >= 4 is 11.8 Å². The molecule has 2 rings (SSSR count). The highest BCUT2D eigenvalue weighted by Crippen LogP contribution is 2.44. The van der Waals surface area contributed by atoms with E-state index in [2.05, 4.69) is 21.8 Å². The van der Waals surface area contributed by atoms with Gasteiger partial charge in [0.25, 0.3) is 0 Å². The monoisotopic (exact) mass is 169 g/mol. The summed E-state index contributed by atoms with van der Waals surface area (Å²) < 4.78 is 0. The highest BCUT2D eigenvalue weighted by Gasteiger charge is 2.33. The molecule has 4 heteroatoms. The normalized spacial score (nSPS) is 41.6. The van der Waals surface area contributed by atoms with Crippen LogP contribution in [0.25, 0.3) is 10.4 Å². The molecular formula is C7H11N3S. The number of fused-ring (bicyclic) bond motifs is 2. The molecule has 0 spiro atoms. The van der Waals surface area contributed by atoms with E-state index in [-0.39, 0.29) is 0 Å². The van der Waals surface area contributed by atoms with Gasteiger partial charge in [0, 0.05) is 21.5 Å². The lowest BCUT2D eigenvalue weighted by molar-refractivity contribution is 0.571. The van der Waals surface area contributed by atoms with E-state index in [0.29, 0.717) is 6.04 Å². The SMILES string of the molecule is [N-]=[N+]=NC1CC2CCC(C1)S2. The Hall–Kier alpha value is -0.340. The van der Waals surface area contributed by atoms with Crippen LogP contribution in [0.2, 0.25) is 0 Å². The van der Waals surface area contributed by atoms with Crippen LogP contribution in [0, 0.1) is 0 Å². The average molecular weight is 169 g/mol. The summed E-state index contributed by atoms with van der Waals surface area (Å²) in [7, 11) is 0. The maximum Gasteiger partial charge on any atom is 0.0395 e. The van der Waals surface area contributed by atoms with Crippen LogP contribution in [-0.2, 0) is 0 Å². The molecule has 2 aliphatic heterocycles. The Kier molecular flexibility index (Phi) is 1.96. The fourth-order valence-electron chi connectivity index (χ4n) is 2.00. The zero-order valence-electron chi connectivity index (χ0n) is 6.31. The maximum absolute atomic E-state index is 8.26. The molecule has 0 aromatic heterocycles. The van der Waals surface area contributed by atoms with Gasteiger partial charge < -0.3 is 0 Å². The van der Waals surface area contributed by atoms with E-state index < -0.39 is 0 Å². The molecule has 2 fully saturated rings. The van der Waals surface area contributed by atoms with E-state index in [1.54, 1.807) is 0 Å². The molecule has 2 bridgehead atoms. The molecule has 60 valence electrons. The van der Waals surface area contributed by atoms with Crippen LogP contribution < -0.4 is 0 Å². The van der Waals surface area contributed by atoms with Crippen LogP contribution >= 0.6 is 11.8 Å². The van der Waals surface area contributed by atoms with Crippen LogP contribution in [0.1, 0.15) is 25.7 Å². The minimum absolute atomic E-state index is 0.304. The topological polar surface area (TPSA) is 48.8 Å². The molecule has 0 radical (unpaired) electrons. The minimum Gasteiger partial charge on any atom is -0.155 e. The first-order valence-electron chi connectivity index (χ1n) is 4.08. The Balaban J connectivity index is 2.02. The summed E-state index contributed by atoms with van der Waals surface area (Å²) in [4.78, 5) is 2.87. The van der Waals surface area contributed by atoms with Crippen molar-refractivity contribution in [3.05, 3.63) is 10.4 Å². The fourth-order valence-corrected chi connectivity index (χ4v) is 3.75. The first-order chi connectivity index (χ1) is 5.38. The molecule has 2 aliphatic rings. The predicted octanol–water partition coefficient (Wildman–Crippen LogP) is 2.72. The van der Waals surface area contributed by atoms with E-state index in [0.717, 1.165) is 23.3 Å². The standard InChI is InChI=1S/C7H11N3S/c8-10-9-5-3-6-1-2-7(4-5)11-6/h5-7H,1-4H2. The summed E-state index contributed by atoms with van der Waals surface area (Å²) in [5, 5.41) is 5.38. The zero-order chi connectivity index (χ0) is 7.68. The van der Waals surface area contributed by atoms with Crippen molar-refractivity contribution in [1.82, 2.24) is 0 Å². The molecule has 2 atom stereocenters. The molecular weight excluding hydrogens is 158 g/mol. The van der Waals surface area contributed by atoms with Crippen LogP contribution in [-0.4, -0.2) is 16.5 Å². The Morgan fingerprint density at radius 2 is 1.91 bits per heavy atom. The third-order valence-electron chi connectivity index (χ3n) is 2.48.